The van der Waals surface area contributed by atoms with Gasteiger partial charge in [0.25, 0.3) is 0 Å². The number of aromatic nitrogens is 1. The second-order valence-corrected chi connectivity index (χ2v) is 5.09. The van der Waals surface area contributed by atoms with E-state index in [4.69, 9.17) is 5.73 Å². The Bertz CT molecular complexity index is 358. The lowest BCUT2D eigenvalue weighted by Gasteiger charge is -2.26. The molecule has 1 heterocycles. The van der Waals surface area contributed by atoms with Gasteiger partial charge in [-0.3, -0.25) is 0 Å². The van der Waals surface area contributed by atoms with E-state index in [0.29, 0.717) is 0 Å². The summed E-state index contributed by atoms with van der Waals surface area (Å²) >= 11 is 0. The van der Waals surface area contributed by atoms with Gasteiger partial charge < -0.3 is 10.6 Å². The molecule has 0 saturated heterocycles. The molecular formula is C14H23N3. The summed E-state index contributed by atoms with van der Waals surface area (Å²) in [6.07, 6.45) is 5.78. The zero-order valence-corrected chi connectivity index (χ0v) is 10.9. The van der Waals surface area contributed by atoms with Crippen molar-refractivity contribution < 1.29 is 0 Å². The van der Waals surface area contributed by atoms with Gasteiger partial charge in [-0.1, -0.05) is 13.0 Å². The van der Waals surface area contributed by atoms with E-state index in [1.54, 1.807) is 0 Å². The first-order chi connectivity index (χ1) is 8.22. The average Bonchev–Trinajstić information content (AvgIpc) is 3.12. The number of hydrogen-bond donors (Lipinski definition) is 1. The Morgan fingerprint density at radius 2 is 2.29 bits per heavy atom. The first-order valence-electron chi connectivity index (χ1n) is 6.67. The fourth-order valence-corrected chi connectivity index (χ4v) is 2.19. The van der Waals surface area contributed by atoms with Gasteiger partial charge in [-0.25, -0.2) is 4.98 Å². The molecule has 1 saturated carbocycles. The van der Waals surface area contributed by atoms with Crippen molar-refractivity contribution in [2.45, 2.75) is 39.2 Å². The maximum Gasteiger partial charge on any atom is 0.133 e. The van der Waals surface area contributed by atoms with Crippen LogP contribution in [0.3, 0.4) is 0 Å². The molecule has 2 N–H and O–H groups in total. The average molecular weight is 233 g/mol. The molecule has 0 bridgehead atoms. The highest BCUT2D eigenvalue weighted by Gasteiger charge is 2.25. The molecule has 2 rings (SSSR count). The molecule has 1 aromatic heterocycles. The topological polar surface area (TPSA) is 42.2 Å². The Hall–Kier alpha value is -1.09. The Morgan fingerprint density at radius 1 is 1.53 bits per heavy atom. The van der Waals surface area contributed by atoms with E-state index in [9.17, 15) is 0 Å². The number of nitrogens with two attached hydrogens (primary N) is 1. The quantitative estimate of drug-likeness (QED) is 0.821. The van der Waals surface area contributed by atoms with Crippen LogP contribution in [0.5, 0.6) is 0 Å². The molecule has 1 aromatic rings. The van der Waals surface area contributed by atoms with Gasteiger partial charge >= 0.3 is 0 Å². The monoisotopic (exact) mass is 233 g/mol. The third-order valence-electron chi connectivity index (χ3n) is 3.28. The van der Waals surface area contributed by atoms with Gasteiger partial charge in [0.2, 0.25) is 0 Å². The summed E-state index contributed by atoms with van der Waals surface area (Å²) < 4.78 is 0. The van der Waals surface area contributed by atoms with Crippen LogP contribution in [-0.2, 0) is 0 Å². The van der Waals surface area contributed by atoms with E-state index >= 15 is 0 Å². The van der Waals surface area contributed by atoms with Crippen LogP contribution in [0.2, 0.25) is 0 Å². The van der Waals surface area contributed by atoms with E-state index < -0.39 is 0 Å². The maximum absolute atomic E-state index is 6.03. The van der Waals surface area contributed by atoms with Gasteiger partial charge in [0, 0.05) is 30.9 Å². The van der Waals surface area contributed by atoms with Crippen molar-refractivity contribution in [3.8, 4) is 0 Å². The number of pyridine rings is 1. The molecule has 17 heavy (non-hydrogen) atoms. The Balaban J connectivity index is 2.20. The Labute approximate surface area is 104 Å². The van der Waals surface area contributed by atoms with Crippen LogP contribution in [0.15, 0.2) is 18.3 Å². The largest absolute Gasteiger partial charge is 0.356 e. The highest BCUT2D eigenvalue weighted by molar-refractivity contribution is 5.48. The SMILES string of the molecule is CCCN(CC1CC1)c1ncccc1[C@H](C)N. The van der Waals surface area contributed by atoms with Gasteiger partial charge in [0.15, 0.2) is 0 Å². The second-order valence-electron chi connectivity index (χ2n) is 5.09. The van der Waals surface area contributed by atoms with Crippen LogP contribution in [0.25, 0.3) is 0 Å². The smallest absolute Gasteiger partial charge is 0.133 e. The minimum Gasteiger partial charge on any atom is -0.356 e. The lowest BCUT2D eigenvalue weighted by atomic mass is 10.1. The molecule has 1 aliphatic rings. The van der Waals surface area contributed by atoms with E-state index in [-0.39, 0.29) is 6.04 Å². The van der Waals surface area contributed by atoms with Crippen molar-refractivity contribution in [3.05, 3.63) is 23.9 Å². The minimum atomic E-state index is 0.0530. The van der Waals surface area contributed by atoms with Gasteiger partial charge in [-0.05, 0) is 38.2 Å². The van der Waals surface area contributed by atoms with Crippen molar-refractivity contribution in [3.63, 3.8) is 0 Å². The molecule has 0 aliphatic heterocycles. The standard InChI is InChI=1S/C14H23N3/c1-3-9-17(10-12-6-7-12)14-13(11(2)15)5-4-8-16-14/h4-5,8,11-12H,3,6-7,9-10,15H2,1-2H3/t11-/m0/s1. The van der Waals surface area contributed by atoms with Crippen LogP contribution in [0.4, 0.5) is 5.82 Å². The molecule has 3 nitrogen and oxygen atoms in total. The first kappa shape index (κ1) is 12.4. The molecule has 1 fully saturated rings. The normalized spacial score (nSPS) is 16.9. The molecule has 1 atom stereocenters. The van der Waals surface area contributed by atoms with Crippen LogP contribution in [0.1, 0.15) is 44.7 Å². The highest BCUT2D eigenvalue weighted by atomic mass is 15.2. The third kappa shape index (κ3) is 3.19. The van der Waals surface area contributed by atoms with Gasteiger partial charge in [-0.2, -0.15) is 0 Å². The molecule has 1 aliphatic carbocycles. The van der Waals surface area contributed by atoms with Gasteiger partial charge in [-0.15, -0.1) is 0 Å². The summed E-state index contributed by atoms with van der Waals surface area (Å²) in [6, 6.07) is 4.13. The van der Waals surface area contributed by atoms with Crippen LogP contribution < -0.4 is 10.6 Å². The highest BCUT2D eigenvalue weighted by Crippen LogP contribution is 2.32. The van der Waals surface area contributed by atoms with E-state index in [0.717, 1.165) is 31.2 Å². The summed E-state index contributed by atoms with van der Waals surface area (Å²) in [5.74, 6) is 1.97. The molecule has 3 heteroatoms. The van der Waals surface area contributed by atoms with Crippen molar-refractivity contribution >= 4 is 5.82 Å². The third-order valence-corrected chi connectivity index (χ3v) is 3.28. The summed E-state index contributed by atoms with van der Waals surface area (Å²) in [4.78, 5) is 6.96. The predicted molar refractivity (Wildman–Crippen MR) is 72.1 cm³/mol. The van der Waals surface area contributed by atoms with Crippen molar-refractivity contribution in [1.29, 1.82) is 0 Å². The Morgan fingerprint density at radius 3 is 2.88 bits per heavy atom. The molecule has 0 radical (unpaired) electrons. The zero-order valence-electron chi connectivity index (χ0n) is 10.9. The summed E-state index contributed by atoms with van der Waals surface area (Å²) in [5, 5.41) is 0. The van der Waals surface area contributed by atoms with Crippen LogP contribution >= 0.6 is 0 Å². The number of nitrogens with zero attached hydrogens (tertiary/aromatic N) is 2. The molecular weight excluding hydrogens is 210 g/mol. The fraction of sp³-hybridized carbons (Fsp3) is 0.643. The number of anilines is 1. The minimum absolute atomic E-state index is 0.0530. The van der Waals surface area contributed by atoms with E-state index in [2.05, 4.69) is 22.9 Å². The van der Waals surface area contributed by atoms with Crippen LogP contribution in [0, 0.1) is 5.92 Å². The first-order valence-corrected chi connectivity index (χ1v) is 6.67. The van der Waals surface area contributed by atoms with Gasteiger partial charge in [0.1, 0.15) is 5.82 Å². The number of rotatable bonds is 6. The Kier molecular flexibility index (Phi) is 4.00. The predicted octanol–water partition coefficient (Wildman–Crippen LogP) is 2.73. The van der Waals surface area contributed by atoms with Crippen molar-refractivity contribution in [1.82, 2.24) is 4.98 Å². The summed E-state index contributed by atoms with van der Waals surface area (Å²) in [6.45, 7) is 6.47. The molecule has 94 valence electrons. The lowest BCUT2D eigenvalue weighted by Crippen LogP contribution is -2.29. The zero-order chi connectivity index (χ0) is 12.3. The molecule has 0 aromatic carbocycles. The van der Waals surface area contributed by atoms with Gasteiger partial charge in [0.05, 0.1) is 0 Å². The van der Waals surface area contributed by atoms with E-state index in [1.807, 2.05) is 19.2 Å². The summed E-state index contributed by atoms with van der Waals surface area (Å²) in [5.41, 5.74) is 7.20. The lowest BCUT2D eigenvalue weighted by molar-refractivity contribution is 0.686. The summed E-state index contributed by atoms with van der Waals surface area (Å²) in [7, 11) is 0. The fourth-order valence-electron chi connectivity index (χ4n) is 2.19. The molecule has 0 spiro atoms. The van der Waals surface area contributed by atoms with Crippen molar-refractivity contribution in [2.24, 2.45) is 11.7 Å². The molecule has 0 amide bonds. The second kappa shape index (κ2) is 5.50. The number of hydrogen-bond acceptors (Lipinski definition) is 3. The van der Waals surface area contributed by atoms with E-state index in [1.165, 1.54) is 18.4 Å². The maximum atomic E-state index is 6.03. The van der Waals surface area contributed by atoms with Crippen molar-refractivity contribution in [2.75, 3.05) is 18.0 Å². The van der Waals surface area contributed by atoms with Crippen LogP contribution in [-0.4, -0.2) is 18.1 Å². The molecule has 0 unspecified atom stereocenters.